The van der Waals surface area contributed by atoms with Gasteiger partial charge in [-0.1, -0.05) is 20.8 Å². The van der Waals surface area contributed by atoms with Gasteiger partial charge in [0.1, 0.15) is 35.3 Å². The monoisotopic (exact) mass is 572 g/mol. The van der Waals surface area contributed by atoms with E-state index in [2.05, 4.69) is 0 Å². The average molecular weight is 573 g/mol. The van der Waals surface area contributed by atoms with Crippen LogP contribution >= 0.6 is 0 Å². The molecule has 3 saturated heterocycles. The van der Waals surface area contributed by atoms with Crippen LogP contribution in [0.15, 0.2) is 23.0 Å². The SMILES string of the molecule is CC(=O)O[C@H]1CC(=O)OC(C)(C)[C@@H]2C[C@@H](OC(C)=O)[C@]3(C)[C@H](C(=O)C[C@@]4(C)[C@H](c5ccoc5)OC(=O)C5O[C@@]534)[C@@]12C. The first-order valence-electron chi connectivity index (χ1n) is 14.0. The topological polar surface area (TPSA) is 148 Å². The molecule has 1 aromatic rings. The van der Waals surface area contributed by atoms with Crippen LogP contribution in [0.3, 0.4) is 0 Å². The Morgan fingerprint density at radius 2 is 1.61 bits per heavy atom. The fourth-order valence-corrected chi connectivity index (χ4v) is 9.72. The molecular formula is C30H36O11. The summed E-state index contributed by atoms with van der Waals surface area (Å²) in [6.45, 7) is 11.6. The quantitative estimate of drug-likeness (QED) is 0.299. The Labute approximate surface area is 237 Å². The minimum absolute atomic E-state index is 0.0377. The number of hydrogen-bond acceptors (Lipinski definition) is 11. The maximum Gasteiger partial charge on any atom is 0.339 e. The molecule has 0 radical (unpaired) electrons. The predicted molar refractivity (Wildman–Crippen MR) is 137 cm³/mol. The molecule has 1 aromatic heterocycles. The van der Waals surface area contributed by atoms with E-state index in [0.29, 0.717) is 5.56 Å². The van der Waals surface area contributed by atoms with Crippen molar-refractivity contribution in [1.29, 1.82) is 0 Å². The second kappa shape index (κ2) is 8.42. The summed E-state index contributed by atoms with van der Waals surface area (Å²) in [5.41, 5.74) is -5.27. The number of Topliss-reactive ketones (excluding diaryl/α,β-unsaturated/α-hetero) is 1. The maximum atomic E-state index is 14.8. The van der Waals surface area contributed by atoms with E-state index in [1.54, 1.807) is 19.9 Å². The lowest BCUT2D eigenvalue weighted by Crippen LogP contribution is -2.76. The highest BCUT2D eigenvalue weighted by Crippen LogP contribution is 2.79. The van der Waals surface area contributed by atoms with E-state index >= 15 is 0 Å². The molecule has 6 rings (SSSR count). The molecule has 2 saturated carbocycles. The lowest BCUT2D eigenvalue weighted by atomic mass is 9.36. The fraction of sp³-hybridized carbons (Fsp3) is 0.700. The van der Waals surface area contributed by atoms with Gasteiger partial charge in [0.05, 0.1) is 18.9 Å². The van der Waals surface area contributed by atoms with Gasteiger partial charge in [0.15, 0.2) is 6.10 Å². The number of epoxide rings is 1. The smallest absolute Gasteiger partial charge is 0.339 e. The van der Waals surface area contributed by atoms with Gasteiger partial charge in [-0.05, 0) is 26.3 Å². The average Bonchev–Trinajstić information content (AvgIpc) is 3.43. The van der Waals surface area contributed by atoms with Gasteiger partial charge in [-0.25, -0.2) is 4.79 Å². The molecule has 11 heteroatoms. The predicted octanol–water partition coefficient (Wildman–Crippen LogP) is 3.23. The minimum atomic E-state index is -1.28. The van der Waals surface area contributed by atoms with Crippen molar-refractivity contribution >= 4 is 29.7 Å². The largest absolute Gasteiger partial charge is 0.472 e. The Hall–Kier alpha value is -3.21. The molecule has 5 aliphatic rings. The van der Waals surface area contributed by atoms with Crippen LogP contribution in [0.25, 0.3) is 0 Å². The summed E-state index contributed by atoms with van der Waals surface area (Å²) in [4.78, 5) is 66.2. The molecule has 11 nitrogen and oxygen atoms in total. The zero-order valence-electron chi connectivity index (χ0n) is 24.3. The number of furan rings is 1. The number of carbonyl (C=O) groups is 5. The van der Waals surface area contributed by atoms with E-state index in [0.717, 1.165) is 0 Å². The van der Waals surface area contributed by atoms with Crippen molar-refractivity contribution in [1.82, 2.24) is 0 Å². The van der Waals surface area contributed by atoms with Gasteiger partial charge in [0, 0.05) is 53.9 Å². The number of esters is 4. The molecule has 0 bridgehead atoms. The number of cyclic esters (lactones) is 2. The van der Waals surface area contributed by atoms with Crippen molar-refractivity contribution < 1.29 is 52.1 Å². The maximum absolute atomic E-state index is 14.8. The first-order chi connectivity index (χ1) is 19.0. The van der Waals surface area contributed by atoms with E-state index in [-0.39, 0.29) is 25.0 Å². The molecule has 4 heterocycles. The molecule has 10 atom stereocenters. The summed E-state index contributed by atoms with van der Waals surface area (Å²) in [5, 5.41) is 0. The number of hydrogen-bond donors (Lipinski definition) is 0. The number of fused-ring (bicyclic) bond motifs is 3. The molecule has 1 spiro atoms. The molecule has 2 aliphatic carbocycles. The zero-order valence-corrected chi connectivity index (χ0v) is 24.3. The molecule has 0 N–H and O–H groups in total. The van der Waals surface area contributed by atoms with Gasteiger partial charge in [0.25, 0.3) is 0 Å². The molecular weight excluding hydrogens is 536 g/mol. The lowest BCUT2D eigenvalue weighted by molar-refractivity contribution is -0.265. The number of ketones is 1. The van der Waals surface area contributed by atoms with Crippen LogP contribution in [0.1, 0.15) is 79.4 Å². The third-order valence-corrected chi connectivity index (χ3v) is 11.0. The Kier molecular flexibility index (Phi) is 5.74. The molecule has 5 fully saturated rings. The van der Waals surface area contributed by atoms with E-state index in [1.807, 2.05) is 20.8 Å². The molecule has 0 aromatic carbocycles. The Balaban J connectivity index is 1.61. The number of ether oxygens (including phenoxy) is 5. The molecule has 41 heavy (non-hydrogen) atoms. The first-order valence-corrected chi connectivity index (χ1v) is 14.0. The van der Waals surface area contributed by atoms with Gasteiger partial charge in [0.2, 0.25) is 0 Å². The van der Waals surface area contributed by atoms with Crippen molar-refractivity contribution in [2.75, 3.05) is 0 Å². The second-order valence-corrected chi connectivity index (χ2v) is 13.5. The van der Waals surface area contributed by atoms with Gasteiger partial charge < -0.3 is 28.1 Å². The Morgan fingerprint density at radius 3 is 2.22 bits per heavy atom. The summed E-state index contributed by atoms with van der Waals surface area (Å²) in [5.74, 6) is -3.98. The molecule has 0 amide bonds. The minimum Gasteiger partial charge on any atom is -0.472 e. The van der Waals surface area contributed by atoms with E-state index in [4.69, 9.17) is 28.1 Å². The zero-order chi connectivity index (χ0) is 29.9. The number of carbonyl (C=O) groups excluding carboxylic acids is 5. The highest BCUT2D eigenvalue weighted by molar-refractivity contribution is 5.91. The summed E-state index contributed by atoms with van der Waals surface area (Å²) in [6, 6.07) is 1.69. The van der Waals surface area contributed by atoms with Crippen molar-refractivity contribution in [3.8, 4) is 0 Å². The van der Waals surface area contributed by atoms with Crippen LogP contribution in [-0.4, -0.2) is 59.2 Å². The first kappa shape index (κ1) is 27.9. The standard InChI is InChI=1S/C30H36O11/c1-14(31)37-19-11-21(34)40-26(3,4)18-10-20(38-15(2)32)29(7)22(28(18,19)6)17(33)12-27(5)23(16-8-9-36-13-16)39-25(35)24-30(27,29)41-24/h8-9,13,18-20,22-24H,10-12H2,1-7H3/t18-,19-,20+,22+,23-,24?,27-,28+,29+,30+/m0/s1. The van der Waals surface area contributed by atoms with Crippen LogP contribution in [0.5, 0.6) is 0 Å². The van der Waals surface area contributed by atoms with Crippen LogP contribution < -0.4 is 0 Å². The third-order valence-electron chi connectivity index (χ3n) is 11.0. The summed E-state index contributed by atoms with van der Waals surface area (Å²) in [7, 11) is 0. The summed E-state index contributed by atoms with van der Waals surface area (Å²) < 4.78 is 35.4. The van der Waals surface area contributed by atoms with Crippen molar-refractivity contribution in [2.45, 2.75) is 103 Å². The van der Waals surface area contributed by atoms with Gasteiger partial charge in [-0.3, -0.25) is 19.2 Å². The second-order valence-electron chi connectivity index (χ2n) is 13.5. The third kappa shape index (κ3) is 3.38. The summed E-state index contributed by atoms with van der Waals surface area (Å²) in [6.07, 6.45) is -0.939. The van der Waals surface area contributed by atoms with Gasteiger partial charge in [-0.2, -0.15) is 0 Å². The van der Waals surface area contributed by atoms with E-state index in [9.17, 15) is 24.0 Å². The number of rotatable bonds is 3. The van der Waals surface area contributed by atoms with E-state index in [1.165, 1.54) is 26.4 Å². The lowest BCUT2D eigenvalue weighted by Gasteiger charge is -2.67. The highest BCUT2D eigenvalue weighted by Gasteiger charge is 2.90. The molecule has 1 unspecified atom stereocenters. The van der Waals surface area contributed by atoms with Crippen LogP contribution in [0.4, 0.5) is 0 Å². The normalized spacial score (nSPS) is 45.9. The Morgan fingerprint density at radius 1 is 0.951 bits per heavy atom. The van der Waals surface area contributed by atoms with Crippen LogP contribution in [0, 0.1) is 28.1 Å². The van der Waals surface area contributed by atoms with Gasteiger partial charge >= 0.3 is 23.9 Å². The summed E-state index contributed by atoms with van der Waals surface area (Å²) >= 11 is 0. The van der Waals surface area contributed by atoms with Crippen LogP contribution in [-0.2, 0) is 47.7 Å². The molecule has 222 valence electrons. The Bertz CT molecular complexity index is 1350. The van der Waals surface area contributed by atoms with E-state index < -0.39 is 87.6 Å². The van der Waals surface area contributed by atoms with Crippen molar-refractivity contribution in [3.63, 3.8) is 0 Å². The highest BCUT2D eigenvalue weighted by atomic mass is 16.7. The molecule has 3 aliphatic heterocycles. The fourth-order valence-electron chi connectivity index (χ4n) is 9.72. The van der Waals surface area contributed by atoms with Crippen molar-refractivity contribution in [3.05, 3.63) is 24.2 Å². The van der Waals surface area contributed by atoms with Gasteiger partial charge in [-0.15, -0.1) is 0 Å². The van der Waals surface area contributed by atoms with Crippen molar-refractivity contribution in [2.24, 2.45) is 28.1 Å². The van der Waals surface area contributed by atoms with Crippen LogP contribution in [0.2, 0.25) is 0 Å².